The van der Waals surface area contributed by atoms with Crippen LogP contribution >= 0.6 is 0 Å². The molecule has 3 N–H and O–H groups in total. The number of benzene rings is 1. The van der Waals surface area contributed by atoms with E-state index < -0.39 is 4.92 Å². The molecule has 19 heavy (non-hydrogen) atoms. The van der Waals surface area contributed by atoms with Gasteiger partial charge >= 0.3 is 0 Å². The van der Waals surface area contributed by atoms with E-state index >= 15 is 0 Å². The average molecular weight is 265 g/mol. The van der Waals surface area contributed by atoms with Crippen molar-refractivity contribution in [1.29, 1.82) is 0 Å². The Morgan fingerprint density at radius 1 is 1.42 bits per heavy atom. The minimum absolute atomic E-state index is 0.0177. The van der Waals surface area contributed by atoms with Gasteiger partial charge in [-0.25, -0.2) is 0 Å². The smallest absolute Gasteiger partial charge is 0.292 e. The number of carbonyl (C=O) groups excluding carboxylic acids is 1. The van der Waals surface area contributed by atoms with Gasteiger partial charge in [-0.1, -0.05) is 13.8 Å². The third-order valence-electron chi connectivity index (χ3n) is 2.69. The van der Waals surface area contributed by atoms with Crippen molar-refractivity contribution < 1.29 is 9.72 Å². The van der Waals surface area contributed by atoms with Crippen molar-refractivity contribution >= 4 is 17.3 Å². The first-order valence-corrected chi connectivity index (χ1v) is 6.16. The molecule has 0 aliphatic carbocycles. The predicted molar refractivity (Wildman–Crippen MR) is 73.9 cm³/mol. The lowest BCUT2D eigenvalue weighted by atomic mass is 10.0. The fourth-order valence-electron chi connectivity index (χ4n) is 1.92. The van der Waals surface area contributed by atoms with E-state index in [0.717, 1.165) is 6.42 Å². The molecule has 0 fully saturated rings. The largest absolute Gasteiger partial charge is 0.393 e. The van der Waals surface area contributed by atoms with Crippen LogP contribution in [0, 0.1) is 16.0 Å². The molecule has 0 heterocycles. The van der Waals surface area contributed by atoms with E-state index in [4.69, 9.17) is 5.73 Å². The number of carbonyl (C=O) groups is 1. The van der Waals surface area contributed by atoms with E-state index in [-0.39, 0.29) is 28.9 Å². The minimum Gasteiger partial charge on any atom is -0.393 e. The Balaban J connectivity index is 2.83. The van der Waals surface area contributed by atoms with Gasteiger partial charge in [0.15, 0.2) is 0 Å². The molecule has 0 aliphatic heterocycles. The Bertz CT molecular complexity index is 486. The quantitative estimate of drug-likeness (QED) is 0.485. The lowest BCUT2D eigenvalue weighted by molar-refractivity contribution is -0.383. The van der Waals surface area contributed by atoms with E-state index in [1.54, 1.807) is 0 Å². The third kappa shape index (κ3) is 4.24. The fourth-order valence-corrected chi connectivity index (χ4v) is 1.92. The molecule has 6 heteroatoms. The Morgan fingerprint density at radius 3 is 2.58 bits per heavy atom. The van der Waals surface area contributed by atoms with Gasteiger partial charge in [-0.3, -0.25) is 14.9 Å². The maximum atomic E-state index is 11.9. The van der Waals surface area contributed by atoms with E-state index in [9.17, 15) is 14.9 Å². The molecule has 0 radical (unpaired) electrons. The second kappa shape index (κ2) is 6.17. The van der Waals surface area contributed by atoms with Crippen molar-refractivity contribution in [3.8, 4) is 0 Å². The first-order chi connectivity index (χ1) is 8.81. The highest BCUT2D eigenvalue weighted by atomic mass is 16.6. The standard InChI is InChI=1S/C13H19N3O3/c1-8(2)6-9(3)15-13(17)10-4-5-11(14)12(7-10)16(18)19/h4-5,7-9H,6,14H2,1-3H3,(H,15,17). The molecule has 0 spiro atoms. The Kier molecular flexibility index (Phi) is 4.86. The Hall–Kier alpha value is -2.11. The number of nitro benzene ring substituents is 1. The fraction of sp³-hybridized carbons (Fsp3) is 0.462. The number of hydrogen-bond acceptors (Lipinski definition) is 4. The van der Waals surface area contributed by atoms with Crippen LogP contribution in [-0.2, 0) is 0 Å². The number of amides is 1. The van der Waals surface area contributed by atoms with Crippen molar-refractivity contribution in [1.82, 2.24) is 5.32 Å². The van der Waals surface area contributed by atoms with Crippen LogP contribution in [0.3, 0.4) is 0 Å². The number of anilines is 1. The second-order valence-electron chi connectivity index (χ2n) is 5.03. The molecule has 0 bridgehead atoms. The zero-order valence-electron chi connectivity index (χ0n) is 11.3. The summed E-state index contributed by atoms with van der Waals surface area (Å²) in [5.74, 6) is 0.146. The van der Waals surface area contributed by atoms with Crippen molar-refractivity contribution in [3.05, 3.63) is 33.9 Å². The van der Waals surface area contributed by atoms with Gasteiger partial charge in [-0.2, -0.15) is 0 Å². The van der Waals surface area contributed by atoms with Gasteiger partial charge in [0.25, 0.3) is 11.6 Å². The maximum absolute atomic E-state index is 11.9. The molecule has 1 unspecified atom stereocenters. The lowest BCUT2D eigenvalue weighted by Gasteiger charge is -2.15. The molecular weight excluding hydrogens is 246 g/mol. The highest BCUT2D eigenvalue weighted by Gasteiger charge is 2.17. The summed E-state index contributed by atoms with van der Waals surface area (Å²) in [5, 5.41) is 13.6. The molecule has 1 amide bonds. The van der Waals surface area contributed by atoms with Crippen molar-refractivity contribution in [2.75, 3.05) is 5.73 Å². The SMILES string of the molecule is CC(C)CC(C)NC(=O)c1ccc(N)c([N+](=O)[O-])c1. The van der Waals surface area contributed by atoms with Crippen LogP contribution in [0.4, 0.5) is 11.4 Å². The number of nitrogens with two attached hydrogens (primary N) is 1. The van der Waals surface area contributed by atoms with Crippen LogP contribution in [0.1, 0.15) is 37.6 Å². The van der Waals surface area contributed by atoms with Crippen LogP contribution in [0.5, 0.6) is 0 Å². The van der Waals surface area contributed by atoms with Crippen molar-refractivity contribution in [3.63, 3.8) is 0 Å². The number of nitrogens with zero attached hydrogens (tertiary/aromatic N) is 1. The van der Waals surface area contributed by atoms with E-state index in [0.29, 0.717) is 5.92 Å². The summed E-state index contributed by atoms with van der Waals surface area (Å²) >= 11 is 0. The maximum Gasteiger partial charge on any atom is 0.292 e. The zero-order chi connectivity index (χ0) is 14.6. The summed E-state index contributed by atoms with van der Waals surface area (Å²) < 4.78 is 0. The van der Waals surface area contributed by atoms with Crippen LogP contribution in [0.15, 0.2) is 18.2 Å². The van der Waals surface area contributed by atoms with Gasteiger partial charge < -0.3 is 11.1 Å². The lowest BCUT2D eigenvalue weighted by Crippen LogP contribution is -2.33. The van der Waals surface area contributed by atoms with Crippen LogP contribution < -0.4 is 11.1 Å². The minimum atomic E-state index is -0.594. The molecule has 1 rings (SSSR count). The monoisotopic (exact) mass is 265 g/mol. The molecule has 0 saturated carbocycles. The van der Waals surface area contributed by atoms with E-state index in [2.05, 4.69) is 19.2 Å². The molecule has 1 atom stereocenters. The summed E-state index contributed by atoms with van der Waals surface area (Å²) in [7, 11) is 0. The van der Waals surface area contributed by atoms with Crippen molar-refractivity contribution in [2.24, 2.45) is 5.92 Å². The molecule has 6 nitrogen and oxygen atoms in total. The van der Waals surface area contributed by atoms with Gasteiger partial charge in [0, 0.05) is 17.7 Å². The van der Waals surface area contributed by atoms with Crippen molar-refractivity contribution in [2.45, 2.75) is 33.2 Å². The summed E-state index contributed by atoms with van der Waals surface area (Å²) in [5.41, 5.74) is 5.54. The Morgan fingerprint density at radius 2 is 2.05 bits per heavy atom. The van der Waals surface area contributed by atoms with Crippen LogP contribution in [0.2, 0.25) is 0 Å². The van der Waals surface area contributed by atoms with Gasteiger partial charge in [-0.05, 0) is 31.4 Å². The molecular formula is C13H19N3O3. The molecule has 104 valence electrons. The molecule has 1 aromatic rings. The topological polar surface area (TPSA) is 98.3 Å². The summed E-state index contributed by atoms with van der Waals surface area (Å²) in [4.78, 5) is 22.1. The average Bonchev–Trinajstić information content (AvgIpc) is 2.27. The van der Waals surface area contributed by atoms with Gasteiger partial charge in [0.2, 0.25) is 0 Å². The summed E-state index contributed by atoms with van der Waals surface area (Å²) in [6.45, 7) is 6.04. The summed E-state index contributed by atoms with van der Waals surface area (Å²) in [6.07, 6.45) is 0.850. The Labute approximate surface area is 112 Å². The highest BCUT2D eigenvalue weighted by molar-refractivity contribution is 5.95. The second-order valence-corrected chi connectivity index (χ2v) is 5.03. The zero-order valence-corrected chi connectivity index (χ0v) is 11.3. The normalized spacial score (nSPS) is 12.2. The first kappa shape index (κ1) is 14.9. The predicted octanol–water partition coefficient (Wildman–Crippen LogP) is 2.34. The number of nitrogen functional groups attached to an aromatic ring is 1. The summed E-state index contributed by atoms with van der Waals surface area (Å²) in [6, 6.07) is 4.08. The van der Waals surface area contributed by atoms with E-state index in [1.807, 2.05) is 6.92 Å². The number of nitrogens with one attached hydrogen (secondary N) is 1. The number of hydrogen-bond donors (Lipinski definition) is 2. The van der Waals surface area contributed by atoms with Crippen LogP contribution in [0.25, 0.3) is 0 Å². The molecule has 1 aromatic carbocycles. The molecule has 0 saturated heterocycles. The van der Waals surface area contributed by atoms with Crippen LogP contribution in [-0.4, -0.2) is 16.9 Å². The molecule has 0 aliphatic rings. The van der Waals surface area contributed by atoms with Gasteiger partial charge in [0.1, 0.15) is 5.69 Å². The highest BCUT2D eigenvalue weighted by Crippen LogP contribution is 2.22. The van der Waals surface area contributed by atoms with Gasteiger partial charge in [0.05, 0.1) is 4.92 Å². The molecule has 0 aromatic heterocycles. The third-order valence-corrected chi connectivity index (χ3v) is 2.69. The number of rotatable bonds is 5. The van der Waals surface area contributed by atoms with Gasteiger partial charge in [-0.15, -0.1) is 0 Å². The first-order valence-electron chi connectivity index (χ1n) is 6.16. The van der Waals surface area contributed by atoms with E-state index in [1.165, 1.54) is 18.2 Å². The number of nitro groups is 1.